The third-order valence-corrected chi connectivity index (χ3v) is 4.22. The van der Waals surface area contributed by atoms with Crippen molar-refractivity contribution >= 4 is 5.97 Å². The Morgan fingerprint density at radius 2 is 2.18 bits per heavy atom. The number of nitrogens with one attached hydrogen (secondary N) is 1. The molecule has 0 aliphatic heterocycles. The van der Waals surface area contributed by atoms with Gasteiger partial charge in [-0.3, -0.25) is 0 Å². The zero-order valence-electron chi connectivity index (χ0n) is 12.5. The first kappa shape index (κ1) is 14.7. The molecule has 1 aliphatic rings. The largest absolute Gasteiger partial charge is 0.478 e. The van der Waals surface area contributed by atoms with E-state index in [1.807, 2.05) is 6.07 Å². The average Bonchev–Trinajstić information content (AvgIpc) is 3.15. The van der Waals surface area contributed by atoms with Crippen molar-refractivity contribution in [1.29, 1.82) is 0 Å². The zero-order valence-corrected chi connectivity index (χ0v) is 12.5. The van der Waals surface area contributed by atoms with Crippen LogP contribution in [0.5, 0.6) is 0 Å². The van der Waals surface area contributed by atoms with E-state index in [1.54, 1.807) is 25.1 Å². The second-order valence-electron chi connectivity index (χ2n) is 5.79. The van der Waals surface area contributed by atoms with Crippen LogP contribution in [0.2, 0.25) is 0 Å². The van der Waals surface area contributed by atoms with Crippen LogP contribution in [0.25, 0.3) is 0 Å². The Balaban J connectivity index is 1.78. The highest BCUT2D eigenvalue weighted by Gasteiger charge is 2.39. The fraction of sp³-hybridized carbons (Fsp3) is 0.438. The number of benzene rings is 1. The van der Waals surface area contributed by atoms with Gasteiger partial charge in [-0.05, 0) is 30.5 Å². The number of nitrogens with zero attached hydrogens (tertiary/aromatic N) is 2. The summed E-state index contributed by atoms with van der Waals surface area (Å²) in [4.78, 5) is 15.4. The van der Waals surface area contributed by atoms with Gasteiger partial charge in [-0.15, -0.1) is 0 Å². The first-order valence-electron chi connectivity index (χ1n) is 7.47. The Hall–Kier alpha value is -2.21. The Morgan fingerprint density at radius 1 is 1.41 bits per heavy atom. The van der Waals surface area contributed by atoms with Crippen molar-refractivity contribution in [3.63, 3.8) is 0 Å². The average molecular weight is 301 g/mol. The Labute approximate surface area is 128 Å². The molecule has 1 fully saturated rings. The molecule has 1 saturated carbocycles. The van der Waals surface area contributed by atoms with Crippen molar-refractivity contribution in [1.82, 2.24) is 15.5 Å². The predicted octanol–water partition coefficient (Wildman–Crippen LogP) is 2.64. The highest BCUT2D eigenvalue weighted by Crippen LogP contribution is 2.37. The molecule has 1 aliphatic carbocycles. The van der Waals surface area contributed by atoms with Crippen LogP contribution < -0.4 is 5.32 Å². The van der Waals surface area contributed by atoms with E-state index in [-0.39, 0.29) is 5.54 Å². The van der Waals surface area contributed by atoms with E-state index in [2.05, 4.69) is 15.5 Å². The molecule has 0 saturated heterocycles. The predicted molar refractivity (Wildman–Crippen MR) is 79.4 cm³/mol. The smallest absolute Gasteiger partial charge is 0.335 e. The van der Waals surface area contributed by atoms with E-state index in [4.69, 9.17) is 9.63 Å². The van der Waals surface area contributed by atoms with Gasteiger partial charge >= 0.3 is 5.97 Å². The zero-order chi connectivity index (χ0) is 15.6. The van der Waals surface area contributed by atoms with Gasteiger partial charge in [0, 0.05) is 13.5 Å². The van der Waals surface area contributed by atoms with Gasteiger partial charge in [0.05, 0.1) is 11.1 Å². The van der Waals surface area contributed by atoms with Gasteiger partial charge in [-0.25, -0.2) is 4.79 Å². The summed E-state index contributed by atoms with van der Waals surface area (Å²) < 4.78 is 5.13. The molecule has 0 bridgehead atoms. The van der Waals surface area contributed by atoms with Gasteiger partial charge in [-0.2, -0.15) is 4.98 Å². The SMILES string of the molecule is Cc1nc(C2(NCc3cccc(C(=O)O)c3)CCCC2)no1. The molecular weight excluding hydrogens is 282 g/mol. The van der Waals surface area contributed by atoms with E-state index >= 15 is 0 Å². The second-order valence-corrected chi connectivity index (χ2v) is 5.79. The van der Waals surface area contributed by atoms with Crippen molar-refractivity contribution in [2.75, 3.05) is 0 Å². The highest BCUT2D eigenvalue weighted by molar-refractivity contribution is 5.87. The lowest BCUT2D eigenvalue weighted by atomic mass is 9.96. The van der Waals surface area contributed by atoms with Gasteiger partial charge < -0.3 is 14.9 Å². The number of aromatic nitrogens is 2. The summed E-state index contributed by atoms with van der Waals surface area (Å²) in [5, 5.41) is 16.7. The Kier molecular flexibility index (Phi) is 3.94. The lowest BCUT2D eigenvalue weighted by Crippen LogP contribution is -2.40. The fourth-order valence-corrected chi connectivity index (χ4v) is 3.04. The van der Waals surface area contributed by atoms with Crippen molar-refractivity contribution < 1.29 is 14.4 Å². The summed E-state index contributed by atoms with van der Waals surface area (Å²) >= 11 is 0. The molecule has 6 nitrogen and oxygen atoms in total. The first-order chi connectivity index (χ1) is 10.6. The van der Waals surface area contributed by atoms with Gasteiger partial charge in [0.2, 0.25) is 5.89 Å². The number of rotatable bonds is 5. The molecule has 116 valence electrons. The molecule has 2 N–H and O–H groups in total. The molecule has 1 aromatic carbocycles. The van der Waals surface area contributed by atoms with Crippen molar-refractivity contribution in [3.05, 3.63) is 47.1 Å². The quantitative estimate of drug-likeness (QED) is 0.882. The van der Waals surface area contributed by atoms with Crippen LogP contribution >= 0.6 is 0 Å². The van der Waals surface area contributed by atoms with Crippen molar-refractivity contribution in [2.45, 2.75) is 44.7 Å². The minimum absolute atomic E-state index is 0.267. The summed E-state index contributed by atoms with van der Waals surface area (Å²) in [6, 6.07) is 6.98. The van der Waals surface area contributed by atoms with Gasteiger partial charge in [0.25, 0.3) is 0 Å². The molecule has 0 atom stereocenters. The maximum Gasteiger partial charge on any atom is 0.335 e. The molecule has 0 unspecified atom stereocenters. The maximum absolute atomic E-state index is 11.0. The maximum atomic E-state index is 11.0. The van der Waals surface area contributed by atoms with E-state index < -0.39 is 5.97 Å². The van der Waals surface area contributed by atoms with Crippen LogP contribution in [0.15, 0.2) is 28.8 Å². The minimum atomic E-state index is -0.911. The van der Waals surface area contributed by atoms with E-state index in [9.17, 15) is 4.79 Å². The molecule has 0 spiro atoms. The fourth-order valence-electron chi connectivity index (χ4n) is 3.04. The molecular formula is C16H19N3O3. The van der Waals surface area contributed by atoms with Gasteiger partial charge in [0.1, 0.15) is 0 Å². The normalized spacial score (nSPS) is 16.8. The monoisotopic (exact) mass is 301 g/mol. The van der Waals surface area contributed by atoms with E-state index in [0.717, 1.165) is 31.2 Å². The van der Waals surface area contributed by atoms with Crippen molar-refractivity contribution in [3.8, 4) is 0 Å². The standard InChI is InChI=1S/C16H19N3O3/c1-11-18-15(19-22-11)16(7-2-3-8-16)17-10-12-5-4-6-13(9-12)14(20)21/h4-6,9,17H,2-3,7-8,10H2,1H3,(H,20,21). The van der Waals surface area contributed by atoms with Gasteiger partial charge in [0.15, 0.2) is 5.82 Å². The number of hydrogen-bond acceptors (Lipinski definition) is 5. The molecule has 3 rings (SSSR count). The summed E-state index contributed by atoms with van der Waals surface area (Å²) in [6.45, 7) is 2.37. The number of carbonyl (C=O) groups is 1. The third-order valence-electron chi connectivity index (χ3n) is 4.22. The van der Waals surface area contributed by atoms with Gasteiger partial charge in [-0.1, -0.05) is 30.1 Å². The molecule has 1 aromatic heterocycles. The summed E-state index contributed by atoms with van der Waals surface area (Å²) in [6.07, 6.45) is 4.17. The van der Waals surface area contributed by atoms with Crippen LogP contribution in [-0.2, 0) is 12.1 Å². The van der Waals surface area contributed by atoms with Crippen LogP contribution in [0, 0.1) is 6.92 Å². The Bertz CT molecular complexity index is 675. The van der Waals surface area contributed by atoms with Crippen LogP contribution in [0.3, 0.4) is 0 Å². The van der Waals surface area contributed by atoms with Crippen LogP contribution in [-0.4, -0.2) is 21.2 Å². The number of hydrogen-bond donors (Lipinski definition) is 2. The molecule has 22 heavy (non-hydrogen) atoms. The lowest BCUT2D eigenvalue weighted by Gasteiger charge is -2.27. The van der Waals surface area contributed by atoms with E-state index in [0.29, 0.717) is 23.8 Å². The van der Waals surface area contributed by atoms with Crippen LogP contribution in [0.4, 0.5) is 0 Å². The first-order valence-corrected chi connectivity index (χ1v) is 7.47. The van der Waals surface area contributed by atoms with Crippen molar-refractivity contribution in [2.24, 2.45) is 0 Å². The topological polar surface area (TPSA) is 88.2 Å². The number of aromatic carboxylic acids is 1. The van der Waals surface area contributed by atoms with Crippen LogP contribution in [0.1, 0.15) is 53.3 Å². The number of carboxylic acid groups (broad SMARTS) is 1. The number of aryl methyl sites for hydroxylation is 1. The highest BCUT2D eigenvalue weighted by atomic mass is 16.5. The second kappa shape index (κ2) is 5.88. The summed E-state index contributed by atoms with van der Waals surface area (Å²) in [5.41, 5.74) is 0.971. The van der Waals surface area contributed by atoms with E-state index in [1.165, 1.54) is 0 Å². The molecule has 1 heterocycles. The molecule has 0 amide bonds. The minimum Gasteiger partial charge on any atom is -0.478 e. The number of carboxylic acids is 1. The molecule has 6 heteroatoms. The third kappa shape index (κ3) is 2.87. The summed E-state index contributed by atoms with van der Waals surface area (Å²) in [7, 11) is 0. The molecule has 2 aromatic rings. The summed E-state index contributed by atoms with van der Waals surface area (Å²) in [5.74, 6) is 0.360. The molecule has 0 radical (unpaired) electrons. The lowest BCUT2D eigenvalue weighted by molar-refractivity contribution is 0.0696. The Morgan fingerprint density at radius 3 is 2.82 bits per heavy atom.